The van der Waals surface area contributed by atoms with Gasteiger partial charge in [0.2, 0.25) is 5.91 Å². The summed E-state index contributed by atoms with van der Waals surface area (Å²) in [5.41, 5.74) is 4.99. The van der Waals surface area contributed by atoms with Gasteiger partial charge in [0.1, 0.15) is 6.04 Å². The van der Waals surface area contributed by atoms with Crippen molar-refractivity contribution in [2.24, 2.45) is 0 Å². The summed E-state index contributed by atoms with van der Waals surface area (Å²) in [5.74, 6) is -2.31. The molecule has 3 atom stereocenters. The first kappa shape index (κ1) is 30.2. The van der Waals surface area contributed by atoms with E-state index in [0.717, 1.165) is 22.3 Å². The monoisotopic (exact) mass is 623 g/mol. The van der Waals surface area contributed by atoms with Crippen LogP contribution in [0, 0.1) is 0 Å². The highest BCUT2D eigenvalue weighted by Gasteiger charge is 2.45. The minimum atomic E-state index is -1.16. The first-order valence-corrected chi connectivity index (χ1v) is 15.2. The third kappa shape index (κ3) is 5.58. The third-order valence-corrected chi connectivity index (χ3v) is 9.36. The Bertz CT molecular complexity index is 1750. The smallest absolute Gasteiger partial charge is 0.481 e. The van der Waals surface area contributed by atoms with Gasteiger partial charge in [-0.3, -0.25) is 19.2 Å². The van der Waals surface area contributed by atoms with Gasteiger partial charge in [-0.05, 0) is 70.3 Å². The normalized spacial score (nSPS) is 21.6. The van der Waals surface area contributed by atoms with Crippen LogP contribution in [0.4, 0.5) is 0 Å². The minimum Gasteiger partial charge on any atom is -0.481 e. The average Bonchev–Trinajstić information content (AvgIpc) is 3.76. The number of benzene rings is 3. The van der Waals surface area contributed by atoms with Gasteiger partial charge in [-0.25, -0.2) is 0 Å². The molecule has 7 rings (SSSR count). The van der Waals surface area contributed by atoms with Crippen LogP contribution in [-0.4, -0.2) is 87.6 Å². The Morgan fingerprint density at radius 2 is 1.46 bits per heavy atom. The predicted molar refractivity (Wildman–Crippen MR) is 165 cm³/mol. The van der Waals surface area contributed by atoms with Gasteiger partial charge in [-0.2, -0.15) is 0 Å². The van der Waals surface area contributed by atoms with Crippen molar-refractivity contribution in [3.63, 3.8) is 0 Å². The summed E-state index contributed by atoms with van der Waals surface area (Å²) in [5, 5.41) is 33.0. The van der Waals surface area contributed by atoms with Crippen molar-refractivity contribution in [1.29, 1.82) is 0 Å². The van der Waals surface area contributed by atoms with Crippen LogP contribution in [0.3, 0.4) is 0 Å². The molecule has 1 saturated heterocycles. The third-order valence-electron chi connectivity index (χ3n) is 9.36. The van der Waals surface area contributed by atoms with E-state index in [2.05, 4.69) is 5.32 Å². The van der Waals surface area contributed by atoms with Crippen molar-refractivity contribution in [2.75, 3.05) is 6.54 Å². The quantitative estimate of drug-likeness (QED) is 0.267. The summed E-state index contributed by atoms with van der Waals surface area (Å²) in [6.07, 6.45) is 0.227. The van der Waals surface area contributed by atoms with E-state index in [1.54, 1.807) is 41.3 Å². The van der Waals surface area contributed by atoms with Gasteiger partial charge >= 0.3 is 20.2 Å². The Morgan fingerprint density at radius 3 is 2.13 bits per heavy atom. The van der Waals surface area contributed by atoms with Crippen LogP contribution in [0.15, 0.2) is 60.7 Å². The first-order chi connectivity index (χ1) is 22.2. The lowest BCUT2D eigenvalue weighted by atomic mass is 9.78. The first-order valence-electron chi connectivity index (χ1n) is 15.2. The molecule has 0 aromatic heterocycles. The lowest BCUT2D eigenvalue weighted by Gasteiger charge is -2.39. The number of hydrogen-bond donors (Lipinski definition) is 4. The number of likely N-dealkylation sites (tertiary alicyclic amines) is 1. The Hall–Kier alpha value is -4.49. The number of fused-ring (bicyclic) bond motifs is 3. The van der Waals surface area contributed by atoms with Crippen LogP contribution < -0.4 is 16.2 Å². The number of amides is 3. The van der Waals surface area contributed by atoms with E-state index in [9.17, 15) is 34.3 Å². The van der Waals surface area contributed by atoms with Crippen LogP contribution in [0.5, 0.6) is 0 Å². The number of carbonyl (C=O) groups excluding carboxylic acids is 3. The van der Waals surface area contributed by atoms with Crippen molar-refractivity contribution in [3.8, 4) is 0 Å². The molecule has 3 aromatic carbocycles. The number of hydrogen-bond acceptors (Lipinski definition) is 8. The van der Waals surface area contributed by atoms with Crippen molar-refractivity contribution in [3.05, 3.63) is 94.0 Å². The number of aliphatic carboxylic acids is 1. The molecule has 4 aliphatic rings. The fourth-order valence-electron chi connectivity index (χ4n) is 6.96. The Kier molecular flexibility index (Phi) is 7.89. The standard InChI is InChI=1S/C32H31B2N3O9/c38-29(39)13-25-9-18-3-1-2-4-21(18)14-36(25)32(42)28-12-24(35-30(40)19-5-7-22-16-45-33(43)26(22)10-19)15-37(28)31(41)20-6-8-23-17-46-34(44)27(23)11-20/h1-8,10-11,24-25,28,43-44H,9,12-17H2,(H,35,40)(H,38,39)/t24-,25?,28+/m1/s1. The highest BCUT2D eigenvalue weighted by molar-refractivity contribution is 6.62. The maximum atomic E-state index is 14.4. The summed E-state index contributed by atoms with van der Waals surface area (Å²) in [6, 6.07) is 15.2. The van der Waals surface area contributed by atoms with Crippen LogP contribution in [-0.2, 0) is 45.1 Å². The molecule has 3 amide bonds. The molecule has 0 bridgehead atoms. The van der Waals surface area contributed by atoms with Crippen LogP contribution in [0.25, 0.3) is 0 Å². The maximum Gasteiger partial charge on any atom is 0.491 e. The molecule has 1 fully saturated rings. The molecule has 14 heteroatoms. The number of carbonyl (C=O) groups is 4. The topological polar surface area (TPSA) is 166 Å². The zero-order valence-electron chi connectivity index (χ0n) is 24.8. The van der Waals surface area contributed by atoms with E-state index in [0.29, 0.717) is 22.9 Å². The summed E-state index contributed by atoms with van der Waals surface area (Å²) < 4.78 is 10.5. The van der Waals surface area contributed by atoms with Gasteiger partial charge in [-0.1, -0.05) is 36.4 Å². The van der Waals surface area contributed by atoms with E-state index < -0.39 is 56.1 Å². The zero-order valence-corrected chi connectivity index (χ0v) is 24.8. The molecule has 4 N–H and O–H groups in total. The van der Waals surface area contributed by atoms with Gasteiger partial charge in [0, 0.05) is 36.3 Å². The lowest BCUT2D eigenvalue weighted by molar-refractivity contribution is -0.143. The summed E-state index contributed by atoms with van der Waals surface area (Å²) in [7, 11) is -2.28. The van der Waals surface area contributed by atoms with E-state index >= 15 is 0 Å². The average molecular weight is 623 g/mol. The molecular weight excluding hydrogens is 592 g/mol. The summed E-state index contributed by atoms with van der Waals surface area (Å²) in [4.78, 5) is 56.6. The minimum absolute atomic E-state index is 0.0296. The molecule has 3 aromatic rings. The van der Waals surface area contributed by atoms with E-state index in [1.807, 2.05) is 24.3 Å². The Balaban J connectivity index is 1.18. The van der Waals surface area contributed by atoms with Crippen LogP contribution in [0.2, 0.25) is 0 Å². The molecule has 234 valence electrons. The molecule has 0 aliphatic carbocycles. The molecule has 12 nitrogen and oxygen atoms in total. The molecule has 0 spiro atoms. The number of carboxylic acids is 1. The lowest BCUT2D eigenvalue weighted by Crippen LogP contribution is -2.53. The van der Waals surface area contributed by atoms with Crippen molar-refractivity contribution >= 4 is 48.9 Å². The van der Waals surface area contributed by atoms with Gasteiger partial charge in [0.05, 0.1) is 19.6 Å². The Labute approximate surface area is 265 Å². The van der Waals surface area contributed by atoms with Gasteiger partial charge in [0.15, 0.2) is 0 Å². The summed E-state index contributed by atoms with van der Waals surface area (Å²) in [6.45, 7) is 0.695. The molecule has 4 aliphatic heterocycles. The largest absolute Gasteiger partial charge is 0.491 e. The highest BCUT2D eigenvalue weighted by Crippen LogP contribution is 2.30. The molecular formula is C32H31B2N3O9. The van der Waals surface area contributed by atoms with Crippen molar-refractivity contribution < 1.29 is 43.6 Å². The summed E-state index contributed by atoms with van der Waals surface area (Å²) >= 11 is 0. The van der Waals surface area contributed by atoms with Gasteiger partial charge in [0.25, 0.3) is 11.8 Å². The molecule has 46 heavy (non-hydrogen) atoms. The zero-order chi connectivity index (χ0) is 32.1. The maximum absolute atomic E-state index is 14.4. The molecule has 4 heterocycles. The van der Waals surface area contributed by atoms with E-state index in [1.165, 1.54) is 4.90 Å². The van der Waals surface area contributed by atoms with Crippen molar-refractivity contribution in [1.82, 2.24) is 15.1 Å². The highest BCUT2D eigenvalue weighted by atomic mass is 16.5. The van der Waals surface area contributed by atoms with Gasteiger partial charge in [-0.15, -0.1) is 0 Å². The van der Waals surface area contributed by atoms with E-state index in [4.69, 9.17) is 9.31 Å². The second kappa shape index (κ2) is 12.0. The number of carboxylic acid groups (broad SMARTS) is 1. The predicted octanol–water partition coefficient (Wildman–Crippen LogP) is -0.437. The number of nitrogens with one attached hydrogen (secondary N) is 1. The number of rotatable bonds is 6. The Morgan fingerprint density at radius 1 is 0.826 bits per heavy atom. The second-order valence-electron chi connectivity index (χ2n) is 12.2. The van der Waals surface area contributed by atoms with Crippen LogP contribution >= 0.6 is 0 Å². The molecule has 1 unspecified atom stereocenters. The SMILES string of the molecule is O=C(O)CC1Cc2ccccc2CN1C(=O)[C@@H]1C[C@@H](NC(=O)c2ccc3c(c2)B(O)OC3)CN1C(=O)c1ccc2c(c1)B(O)OC2. The molecule has 0 saturated carbocycles. The second-order valence-corrected chi connectivity index (χ2v) is 12.2. The fraction of sp³-hybridized carbons (Fsp3) is 0.312. The van der Waals surface area contributed by atoms with Crippen molar-refractivity contribution in [2.45, 2.75) is 57.1 Å². The fourth-order valence-corrected chi connectivity index (χ4v) is 6.96. The number of nitrogens with zero attached hydrogens (tertiary/aromatic N) is 2. The van der Waals surface area contributed by atoms with E-state index in [-0.39, 0.29) is 44.7 Å². The van der Waals surface area contributed by atoms with Gasteiger partial charge < -0.3 is 39.6 Å². The molecule has 0 radical (unpaired) electrons. The van der Waals surface area contributed by atoms with Crippen LogP contribution in [0.1, 0.15) is 55.8 Å².